The van der Waals surface area contributed by atoms with Crippen LogP contribution in [0.15, 0.2) is 48.5 Å². The fourth-order valence-corrected chi connectivity index (χ4v) is 3.25. The first kappa shape index (κ1) is 24.9. The molecule has 9 heteroatoms. The highest BCUT2D eigenvalue weighted by atomic mass is 19.1. The largest absolute Gasteiger partial charge is 0.497 e. The fraction of sp³-hybridized carbons (Fsp3) is 0.280. The molecular weight excluding hydrogens is 446 g/mol. The number of hydrogen-bond acceptors (Lipinski definition) is 6. The van der Waals surface area contributed by atoms with Crippen molar-refractivity contribution in [2.45, 2.75) is 38.8 Å². The minimum absolute atomic E-state index is 0.154. The van der Waals surface area contributed by atoms with Crippen LogP contribution in [0.3, 0.4) is 0 Å². The van der Waals surface area contributed by atoms with E-state index in [1.165, 1.54) is 13.2 Å². The molecule has 0 saturated carbocycles. The van der Waals surface area contributed by atoms with Crippen LogP contribution in [0.2, 0.25) is 0 Å². The maximum atomic E-state index is 14.5. The Morgan fingerprint density at radius 2 is 1.79 bits per heavy atom. The summed E-state index contributed by atoms with van der Waals surface area (Å²) in [6.07, 6.45) is 0.120. The smallest absolute Gasteiger partial charge is 0.344 e. The van der Waals surface area contributed by atoms with Crippen LogP contribution in [0.25, 0.3) is 11.1 Å². The normalized spacial score (nSPS) is 11.7. The van der Waals surface area contributed by atoms with Gasteiger partial charge in [0.05, 0.1) is 7.11 Å². The van der Waals surface area contributed by atoms with Crippen LogP contribution in [-0.2, 0) is 11.3 Å². The summed E-state index contributed by atoms with van der Waals surface area (Å²) in [6, 6.07) is 13.0. The highest BCUT2D eigenvalue weighted by Crippen LogP contribution is 2.34. The fourth-order valence-electron chi connectivity index (χ4n) is 3.25. The van der Waals surface area contributed by atoms with E-state index in [-0.39, 0.29) is 12.2 Å². The third-order valence-corrected chi connectivity index (χ3v) is 5.04. The zero-order chi connectivity index (χ0) is 24.7. The summed E-state index contributed by atoms with van der Waals surface area (Å²) in [7, 11) is 1.48. The quantitative estimate of drug-likeness (QED) is 0.390. The molecule has 0 spiro atoms. The van der Waals surface area contributed by atoms with E-state index < -0.39 is 35.5 Å². The van der Waals surface area contributed by atoms with Crippen LogP contribution in [0.1, 0.15) is 31.7 Å². The summed E-state index contributed by atoms with van der Waals surface area (Å²) in [5.74, 6) is -4.06. The second kappa shape index (κ2) is 11.4. The van der Waals surface area contributed by atoms with Gasteiger partial charge in [0.2, 0.25) is 0 Å². The Morgan fingerprint density at radius 1 is 1.06 bits per heavy atom. The van der Waals surface area contributed by atoms with Gasteiger partial charge in [0.25, 0.3) is 11.8 Å². The number of methoxy groups -OCH3 is 1. The van der Waals surface area contributed by atoms with E-state index in [0.717, 1.165) is 17.5 Å². The number of rotatable bonds is 11. The summed E-state index contributed by atoms with van der Waals surface area (Å²) in [4.78, 5) is 15.2. The van der Waals surface area contributed by atoms with Gasteiger partial charge in [-0.05, 0) is 47.7 Å². The zero-order valence-corrected chi connectivity index (χ0v) is 18.9. The molecule has 1 atom stereocenters. The molecule has 34 heavy (non-hydrogen) atoms. The lowest BCUT2D eigenvalue weighted by Gasteiger charge is -2.16. The van der Waals surface area contributed by atoms with E-state index in [0.29, 0.717) is 30.3 Å². The molecule has 0 aliphatic rings. The van der Waals surface area contributed by atoms with Crippen LogP contribution in [0.5, 0.6) is 23.3 Å². The van der Waals surface area contributed by atoms with Crippen molar-refractivity contribution in [3.05, 3.63) is 65.7 Å². The van der Waals surface area contributed by atoms with Crippen molar-refractivity contribution in [1.29, 1.82) is 0 Å². The van der Waals surface area contributed by atoms with Gasteiger partial charge in [-0.3, -0.25) is 0 Å². The van der Waals surface area contributed by atoms with Gasteiger partial charge in [0.15, 0.2) is 17.7 Å². The lowest BCUT2D eigenvalue weighted by atomic mass is 10.0. The average Bonchev–Trinajstić information content (AvgIpc) is 2.83. The van der Waals surface area contributed by atoms with Crippen molar-refractivity contribution in [2.24, 2.45) is 5.73 Å². The predicted octanol–water partition coefficient (Wildman–Crippen LogP) is 5.31. The van der Waals surface area contributed by atoms with Gasteiger partial charge < -0.3 is 25.1 Å². The molecule has 0 bridgehead atoms. The van der Waals surface area contributed by atoms with Gasteiger partial charge in [-0.2, -0.15) is 4.98 Å². The maximum absolute atomic E-state index is 14.5. The number of aliphatic carboxylic acids is 1. The van der Waals surface area contributed by atoms with Gasteiger partial charge in [0, 0.05) is 18.7 Å². The number of halogens is 2. The molecule has 0 radical (unpaired) electrons. The lowest BCUT2D eigenvalue weighted by molar-refractivity contribution is -0.145. The topological polar surface area (TPSA) is 104 Å². The van der Waals surface area contributed by atoms with Gasteiger partial charge in [0.1, 0.15) is 11.5 Å². The van der Waals surface area contributed by atoms with Crippen LogP contribution < -0.4 is 19.9 Å². The summed E-state index contributed by atoms with van der Waals surface area (Å²) < 4.78 is 44.9. The number of pyridine rings is 1. The molecule has 1 heterocycles. The highest BCUT2D eigenvalue weighted by Gasteiger charge is 2.23. The monoisotopic (exact) mass is 472 g/mol. The van der Waals surface area contributed by atoms with Crippen molar-refractivity contribution in [2.75, 3.05) is 7.11 Å². The second-order valence-electron chi connectivity index (χ2n) is 7.55. The minimum Gasteiger partial charge on any atom is -0.497 e. The molecule has 1 aromatic heterocycles. The van der Waals surface area contributed by atoms with E-state index in [2.05, 4.69) is 4.98 Å². The molecule has 0 aliphatic heterocycles. The summed E-state index contributed by atoms with van der Waals surface area (Å²) >= 11 is 0. The van der Waals surface area contributed by atoms with Gasteiger partial charge in [-0.25, -0.2) is 13.6 Å². The predicted molar refractivity (Wildman–Crippen MR) is 122 cm³/mol. The first-order valence-electron chi connectivity index (χ1n) is 10.8. The summed E-state index contributed by atoms with van der Waals surface area (Å²) in [5, 5.41) is 9.34. The van der Waals surface area contributed by atoms with Gasteiger partial charge in [-0.15, -0.1) is 0 Å². The summed E-state index contributed by atoms with van der Waals surface area (Å²) in [6.45, 7) is 2.25. The zero-order valence-electron chi connectivity index (χ0n) is 18.9. The molecule has 180 valence electrons. The molecule has 3 aromatic rings. The maximum Gasteiger partial charge on any atom is 0.344 e. The van der Waals surface area contributed by atoms with E-state index >= 15 is 0 Å². The number of aromatic nitrogens is 1. The van der Waals surface area contributed by atoms with E-state index in [1.807, 2.05) is 31.2 Å². The third-order valence-electron chi connectivity index (χ3n) is 5.04. The number of nitrogens with zero attached hydrogens (tertiary/aromatic N) is 1. The number of ether oxygens (including phenoxy) is 3. The number of hydrogen-bond donors (Lipinski definition) is 2. The first-order chi connectivity index (χ1) is 16.3. The van der Waals surface area contributed by atoms with Crippen molar-refractivity contribution in [3.63, 3.8) is 0 Å². The number of carboxylic acids is 1. The van der Waals surface area contributed by atoms with Crippen molar-refractivity contribution in [1.82, 2.24) is 4.98 Å². The first-order valence-corrected chi connectivity index (χ1v) is 10.8. The van der Waals surface area contributed by atoms with Crippen LogP contribution >= 0.6 is 0 Å². The molecule has 0 amide bonds. The Kier molecular flexibility index (Phi) is 8.37. The number of carbonyl (C=O) groups is 1. The molecule has 2 aromatic carbocycles. The number of benzene rings is 2. The van der Waals surface area contributed by atoms with E-state index in [4.69, 9.17) is 19.9 Å². The van der Waals surface area contributed by atoms with Crippen molar-refractivity contribution < 1.29 is 32.9 Å². The number of unbranched alkanes of at least 4 members (excludes halogenated alkanes) is 1. The van der Waals surface area contributed by atoms with Gasteiger partial charge >= 0.3 is 5.97 Å². The van der Waals surface area contributed by atoms with Crippen LogP contribution in [0.4, 0.5) is 8.78 Å². The van der Waals surface area contributed by atoms with Gasteiger partial charge in [-0.1, -0.05) is 31.5 Å². The van der Waals surface area contributed by atoms with E-state index in [1.54, 1.807) is 12.1 Å². The van der Waals surface area contributed by atoms with Crippen molar-refractivity contribution in [3.8, 4) is 34.4 Å². The Balaban J connectivity index is 1.94. The molecule has 3 rings (SSSR count). The standard InChI is InChI=1S/C25H26F2N2O5/c1-3-4-8-22(25(30)31)34-24-21(27)13-20(26)23(29-24)33-19-11-17(10-18(12-19)32-2)16-7-5-6-15(9-16)14-28/h5-7,9-13,22H,3-4,8,14,28H2,1-2H3,(H,30,31)/t22-/m1/s1. The molecule has 0 unspecified atom stereocenters. The highest BCUT2D eigenvalue weighted by molar-refractivity contribution is 5.72. The Labute approximate surface area is 196 Å². The molecule has 3 N–H and O–H groups in total. The number of carboxylic acid groups (broad SMARTS) is 1. The minimum atomic E-state index is -1.32. The molecule has 0 fully saturated rings. The average molecular weight is 472 g/mol. The Bertz CT molecular complexity index is 1160. The summed E-state index contributed by atoms with van der Waals surface area (Å²) in [5.41, 5.74) is 8.21. The Morgan fingerprint density at radius 3 is 2.47 bits per heavy atom. The molecule has 7 nitrogen and oxygen atoms in total. The SMILES string of the molecule is CCCC[C@@H](Oc1nc(Oc2cc(OC)cc(-c3cccc(CN)c3)c2)c(F)cc1F)C(=O)O. The van der Waals surface area contributed by atoms with Crippen LogP contribution in [-0.4, -0.2) is 29.3 Å². The second-order valence-corrected chi connectivity index (χ2v) is 7.55. The van der Waals surface area contributed by atoms with Crippen molar-refractivity contribution >= 4 is 5.97 Å². The third kappa shape index (κ3) is 6.20. The number of nitrogens with two attached hydrogens (primary N) is 1. The molecular formula is C25H26F2N2O5. The van der Waals surface area contributed by atoms with E-state index in [9.17, 15) is 18.7 Å². The molecule has 0 aliphatic carbocycles. The Hall–Kier alpha value is -3.72. The molecule has 0 saturated heterocycles. The van der Waals surface area contributed by atoms with Crippen LogP contribution in [0, 0.1) is 11.6 Å². The lowest BCUT2D eigenvalue weighted by Crippen LogP contribution is -2.27.